The summed E-state index contributed by atoms with van der Waals surface area (Å²) in [5.74, 6) is 1.26. The fraction of sp³-hybridized carbons (Fsp3) is 0.500. The molecule has 2 heterocycles. The van der Waals surface area contributed by atoms with Crippen LogP contribution in [0.3, 0.4) is 0 Å². The first-order valence-corrected chi connectivity index (χ1v) is 14.8. The summed E-state index contributed by atoms with van der Waals surface area (Å²) < 4.78 is 13.5. The summed E-state index contributed by atoms with van der Waals surface area (Å²) in [5, 5.41) is 13.5. The molecule has 3 aromatic rings. The van der Waals surface area contributed by atoms with Crippen LogP contribution in [-0.4, -0.2) is 65.0 Å². The highest BCUT2D eigenvalue weighted by Gasteiger charge is 2.33. The van der Waals surface area contributed by atoms with Gasteiger partial charge in [-0.2, -0.15) is 0 Å². The van der Waals surface area contributed by atoms with Gasteiger partial charge in [0.15, 0.2) is 11.5 Å². The highest BCUT2D eigenvalue weighted by molar-refractivity contribution is 5.94. The molecule has 0 radical (unpaired) electrons. The maximum absolute atomic E-state index is 13.9. The van der Waals surface area contributed by atoms with Gasteiger partial charge < -0.3 is 29.4 Å². The Labute approximate surface area is 242 Å². The molecule has 2 N–H and O–H groups in total. The van der Waals surface area contributed by atoms with Gasteiger partial charge in [0.05, 0.1) is 19.8 Å². The molecular weight excluding hydrogens is 520 g/mol. The second kappa shape index (κ2) is 12.9. The Morgan fingerprint density at radius 1 is 1.12 bits per heavy atom. The lowest BCUT2D eigenvalue weighted by Gasteiger charge is -2.40. The Kier molecular flexibility index (Phi) is 9.03. The molecule has 5 rings (SSSR count). The number of carbonyl (C=O) groups excluding carboxylic acids is 2. The van der Waals surface area contributed by atoms with E-state index >= 15 is 0 Å². The number of methoxy groups -OCH3 is 1. The lowest BCUT2D eigenvalue weighted by Crippen LogP contribution is -2.53. The summed E-state index contributed by atoms with van der Waals surface area (Å²) >= 11 is 0. The number of aliphatic hydroxyl groups excluding tert-OH is 1. The lowest BCUT2D eigenvalue weighted by atomic mass is 9.89. The third-order valence-electron chi connectivity index (χ3n) is 8.28. The molecule has 1 saturated carbocycles. The van der Waals surface area contributed by atoms with Crippen LogP contribution >= 0.6 is 0 Å². The number of rotatable bonds is 12. The minimum absolute atomic E-state index is 0.0376. The molecule has 1 aliphatic heterocycles. The highest BCUT2D eigenvalue weighted by Crippen LogP contribution is 2.34. The number of carbonyl (C=O) groups is 2. The van der Waals surface area contributed by atoms with Crippen molar-refractivity contribution in [3.8, 4) is 11.5 Å². The van der Waals surface area contributed by atoms with Crippen molar-refractivity contribution in [2.75, 3.05) is 25.2 Å². The number of ether oxygens (including phenoxy) is 2. The van der Waals surface area contributed by atoms with Crippen molar-refractivity contribution in [1.82, 2.24) is 14.8 Å². The number of aromatic nitrogens is 1. The van der Waals surface area contributed by atoms with Gasteiger partial charge in [0.2, 0.25) is 5.91 Å². The molecule has 41 heavy (non-hydrogen) atoms. The molecule has 1 saturated heterocycles. The Balaban J connectivity index is 1.30. The molecule has 1 aliphatic carbocycles. The van der Waals surface area contributed by atoms with Crippen LogP contribution < -0.4 is 19.7 Å². The topological polar surface area (TPSA) is 96.3 Å². The van der Waals surface area contributed by atoms with Gasteiger partial charge in [-0.15, -0.1) is 0 Å². The summed E-state index contributed by atoms with van der Waals surface area (Å²) in [6, 6.07) is 13.9. The van der Waals surface area contributed by atoms with Crippen molar-refractivity contribution >= 4 is 28.5 Å². The molecule has 9 nitrogen and oxygen atoms in total. The van der Waals surface area contributed by atoms with E-state index in [0.717, 1.165) is 47.8 Å². The number of aliphatic hydroxyl groups is 1. The largest absolute Gasteiger partial charge is 0.493 e. The highest BCUT2D eigenvalue weighted by atomic mass is 16.5. The summed E-state index contributed by atoms with van der Waals surface area (Å²) in [5.41, 5.74) is 2.80. The van der Waals surface area contributed by atoms with Crippen molar-refractivity contribution in [3.63, 3.8) is 0 Å². The number of benzene rings is 2. The predicted octanol–water partition coefficient (Wildman–Crippen LogP) is 5.08. The van der Waals surface area contributed by atoms with E-state index in [1.807, 2.05) is 57.0 Å². The average molecular weight is 563 g/mol. The van der Waals surface area contributed by atoms with E-state index in [2.05, 4.69) is 25.2 Å². The summed E-state index contributed by atoms with van der Waals surface area (Å²) in [4.78, 5) is 30.2. The van der Waals surface area contributed by atoms with Crippen LogP contribution in [-0.2, 0) is 17.9 Å². The summed E-state index contributed by atoms with van der Waals surface area (Å²) in [6.07, 6.45) is 6.90. The van der Waals surface area contributed by atoms with E-state index in [1.165, 1.54) is 0 Å². The number of unbranched alkanes of at least 4 members (excludes halogenated alkanes) is 2. The number of anilines is 1. The number of hydrogen-bond acceptors (Lipinski definition) is 5. The molecule has 1 atom stereocenters. The van der Waals surface area contributed by atoms with E-state index in [0.29, 0.717) is 44.0 Å². The second-order valence-corrected chi connectivity index (χ2v) is 11.3. The van der Waals surface area contributed by atoms with E-state index < -0.39 is 0 Å². The van der Waals surface area contributed by atoms with Crippen LogP contribution in [0.2, 0.25) is 0 Å². The Hall–Kier alpha value is -3.72. The van der Waals surface area contributed by atoms with Crippen LogP contribution in [0, 0.1) is 0 Å². The first-order chi connectivity index (χ1) is 19.9. The van der Waals surface area contributed by atoms with Gasteiger partial charge in [0.1, 0.15) is 6.54 Å². The van der Waals surface area contributed by atoms with Crippen LogP contribution in [0.1, 0.15) is 57.9 Å². The maximum atomic E-state index is 13.9. The number of urea groups is 1. The number of nitrogens with zero attached hydrogens (tertiary/aromatic N) is 3. The van der Waals surface area contributed by atoms with Gasteiger partial charge in [-0.3, -0.25) is 9.69 Å². The zero-order valence-corrected chi connectivity index (χ0v) is 24.3. The lowest BCUT2D eigenvalue weighted by molar-refractivity contribution is -0.123. The van der Waals surface area contributed by atoms with Crippen molar-refractivity contribution in [3.05, 3.63) is 54.2 Å². The first kappa shape index (κ1) is 28.8. The molecule has 0 bridgehead atoms. The SMILES string of the molecule is CCCCCOc1cc(N2CC[C@H](C)N(Cc3cccc4c3ccn4CC(=O)NC3CC(O)C3)C2=O)ccc1OC. The molecule has 0 spiro atoms. The molecule has 9 heteroatoms. The molecule has 2 aliphatic rings. The smallest absolute Gasteiger partial charge is 0.325 e. The fourth-order valence-corrected chi connectivity index (χ4v) is 5.73. The Morgan fingerprint density at radius 3 is 2.71 bits per heavy atom. The summed E-state index contributed by atoms with van der Waals surface area (Å²) in [6.45, 7) is 6.19. The predicted molar refractivity (Wildman–Crippen MR) is 159 cm³/mol. The van der Waals surface area contributed by atoms with E-state index in [4.69, 9.17) is 9.47 Å². The molecule has 220 valence electrons. The molecular formula is C32H42N4O5. The van der Waals surface area contributed by atoms with Gasteiger partial charge >= 0.3 is 6.03 Å². The van der Waals surface area contributed by atoms with Crippen LogP contribution in [0.4, 0.5) is 10.5 Å². The standard InChI is InChI=1S/C32H42N4O5/c1-4-5-6-16-41-30-19-25(10-11-29(30)40-3)35-15-12-22(2)36(32(35)39)20-23-8-7-9-28-27(23)13-14-34(28)21-31(38)33-24-17-26(37)18-24/h7-11,13-14,19,22,24,26,37H,4-6,12,15-18,20-21H2,1-3H3,(H,33,38)/t22-,24?,26?/m0/s1. The molecule has 3 amide bonds. The average Bonchev–Trinajstić information content (AvgIpc) is 3.35. The van der Waals surface area contributed by atoms with Crippen molar-refractivity contribution < 1.29 is 24.2 Å². The van der Waals surface area contributed by atoms with Gasteiger partial charge in [0, 0.05) is 54.0 Å². The summed E-state index contributed by atoms with van der Waals surface area (Å²) in [7, 11) is 1.63. The Bertz CT molecular complexity index is 1370. The molecule has 1 aromatic heterocycles. The maximum Gasteiger partial charge on any atom is 0.325 e. The minimum Gasteiger partial charge on any atom is -0.493 e. The monoisotopic (exact) mass is 562 g/mol. The van der Waals surface area contributed by atoms with Crippen LogP contribution in [0.15, 0.2) is 48.7 Å². The van der Waals surface area contributed by atoms with Crippen molar-refractivity contribution in [1.29, 1.82) is 0 Å². The molecule has 0 unspecified atom stereocenters. The zero-order valence-electron chi connectivity index (χ0n) is 24.3. The van der Waals surface area contributed by atoms with Gasteiger partial charge in [-0.05, 0) is 62.4 Å². The Morgan fingerprint density at radius 2 is 1.95 bits per heavy atom. The zero-order chi connectivity index (χ0) is 28.9. The van der Waals surface area contributed by atoms with Crippen molar-refractivity contribution in [2.45, 2.75) is 83.6 Å². The van der Waals surface area contributed by atoms with E-state index in [9.17, 15) is 14.7 Å². The fourth-order valence-electron chi connectivity index (χ4n) is 5.73. The minimum atomic E-state index is -0.304. The first-order valence-electron chi connectivity index (χ1n) is 14.8. The van der Waals surface area contributed by atoms with Gasteiger partial charge in [-0.25, -0.2) is 4.79 Å². The van der Waals surface area contributed by atoms with E-state index in [1.54, 1.807) is 7.11 Å². The number of nitrogens with one attached hydrogen (secondary N) is 1. The number of hydrogen-bond donors (Lipinski definition) is 2. The van der Waals surface area contributed by atoms with E-state index in [-0.39, 0.29) is 36.7 Å². The second-order valence-electron chi connectivity index (χ2n) is 11.3. The van der Waals surface area contributed by atoms with Crippen molar-refractivity contribution in [2.24, 2.45) is 0 Å². The quantitative estimate of drug-likeness (QED) is 0.300. The molecule has 2 aromatic carbocycles. The van der Waals surface area contributed by atoms with Gasteiger partial charge in [-0.1, -0.05) is 31.9 Å². The third kappa shape index (κ3) is 6.45. The number of amides is 3. The van der Waals surface area contributed by atoms with Gasteiger partial charge in [0.25, 0.3) is 0 Å². The number of fused-ring (bicyclic) bond motifs is 1. The third-order valence-corrected chi connectivity index (χ3v) is 8.28. The van der Waals surface area contributed by atoms with Crippen LogP contribution in [0.5, 0.6) is 11.5 Å². The molecule has 2 fully saturated rings. The normalized spacial score (nSPS) is 20.7. The van der Waals surface area contributed by atoms with Crippen LogP contribution in [0.25, 0.3) is 10.9 Å².